The molecule has 0 amide bonds. The number of allylic oxidation sites excluding steroid dienone is 1. The van der Waals surface area contributed by atoms with Crippen LogP contribution in [0.2, 0.25) is 0 Å². The van der Waals surface area contributed by atoms with Gasteiger partial charge in [-0.3, -0.25) is 0 Å². The molecule has 0 saturated carbocycles. The highest BCUT2D eigenvalue weighted by Crippen LogP contribution is 2.45. The predicted octanol–water partition coefficient (Wildman–Crippen LogP) is 5.07. The first-order valence-electron chi connectivity index (χ1n) is 9.39. The lowest BCUT2D eigenvalue weighted by Gasteiger charge is -2.17. The van der Waals surface area contributed by atoms with Crippen molar-refractivity contribution in [3.63, 3.8) is 0 Å². The maximum atomic E-state index is 5.91. The molecule has 3 nitrogen and oxygen atoms in total. The van der Waals surface area contributed by atoms with Gasteiger partial charge in [-0.15, -0.1) is 0 Å². The van der Waals surface area contributed by atoms with Crippen LogP contribution >= 0.6 is 0 Å². The van der Waals surface area contributed by atoms with Gasteiger partial charge >= 0.3 is 0 Å². The number of epoxide rings is 1. The van der Waals surface area contributed by atoms with Gasteiger partial charge < -0.3 is 14.2 Å². The van der Waals surface area contributed by atoms with Crippen LogP contribution in [0.15, 0.2) is 29.8 Å². The van der Waals surface area contributed by atoms with Crippen molar-refractivity contribution in [1.29, 1.82) is 0 Å². The molecule has 0 aliphatic carbocycles. The number of benzene rings is 1. The van der Waals surface area contributed by atoms with Crippen molar-refractivity contribution in [3.05, 3.63) is 35.4 Å². The molecule has 0 N–H and O–H groups in total. The molecule has 1 saturated heterocycles. The summed E-state index contributed by atoms with van der Waals surface area (Å²) in [6, 6.07) is 6.19. The molecule has 3 rings (SSSR count). The van der Waals surface area contributed by atoms with Crippen molar-refractivity contribution >= 4 is 0 Å². The number of rotatable bonds is 8. The normalized spacial score (nSPS) is 21.8. The van der Waals surface area contributed by atoms with Crippen LogP contribution in [-0.2, 0) is 11.2 Å². The van der Waals surface area contributed by atoms with Crippen LogP contribution in [-0.4, -0.2) is 24.9 Å². The Kier molecular flexibility index (Phi) is 5.50. The van der Waals surface area contributed by atoms with Gasteiger partial charge in [-0.25, -0.2) is 0 Å². The van der Waals surface area contributed by atoms with Crippen molar-refractivity contribution in [3.8, 4) is 11.5 Å². The molecular formula is C21H30O3. The molecule has 0 spiro atoms. The summed E-state index contributed by atoms with van der Waals surface area (Å²) in [6.45, 7) is 8.06. The molecule has 0 aromatic heterocycles. The minimum absolute atomic E-state index is 0.180. The highest BCUT2D eigenvalue weighted by atomic mass is 16.6. The monoisotopic (exact) mass is 330 g/mol. The molecule has 1 aromatic carbocycles. The first-order chi connectivity index (χ1) is 11.7. The lowest BCUT2D eigenvalue weighted by atomic mass is 9.95. The van der Waals surface area contributed by atoms with Gasteiger partial charge in [-0.2, -0.15) is 0 Å². The van der Waals surface area contributed by atoms with E-state index in [4.69, 9.17) is 14.2 Å². The summed E-state index contributed by atoms with van der Waals surface area (Å²) < 4.78 is 17.5. The van der Waals surface area contributed by atoms with E-state index in [1.807, 2.05) is 12.1 Å². The number of hydrogen-bond donors (Lipinski definition) is 0. The van der Waals surface area contributed by atoms with E-state index in [0.29, 0.717) is 12.7 Å². The van der Waals surface area contributed by atoms with Gasteiger partial charge in [0, 0.05) is 6.07 Å². The van der Waals surface area contributed by atoms with Crippen molar-refractivity contribution in [2.45, 2.75) is 71.0 Å². The molecule has 132 valence electrons. The zero-order valence-electron chi connectivity index (χ0n) is 15.3. The van der Waals surface area contributed by atoms with Gasteiger partial charge in [0.15, 0.2) is 0 Å². The fourth-order valence-corrected chi connectivity index (χ4v) is 3.59. The summed E-state index contributed by atoms with van der Waals surface area (Å²) in [5.74, 6) is 1.88. The first kappa shape index (κ1) is 17.3. The first-order valence-corrected chi connectivity index (χ1v) is 9.39. The molecule has 1 unspecified atom stereocenters. The molecule has 24 heavy (non-hydrogen) atoms. The van der Waals surface area contributed by atoms with Crippen LogP contribution in [0.25, 0.3) is 0 Å². The second-order valence-electron chi connectivity index (χ2n) is 7.00. The Morgan fingerprint density at radius 3 is 2.92 bits per heavy atom. The Hall–Kier alpha value is -1.48. The largest absolute Gasteiger partial charge is 0.493 e. The van der Waals surface area contributed by atoms with Crippen LogP contribution in [0.3, 0.4) is 0 Å². The zero-order valence-corrected chi connectivity index (χ0v) is 15.3. The highest BCUT2D eigenvalue weighted by Gasteiger charge is 2.52. The smallest absolute Gasteiger partial charge is 0.126 e. The maximum absolute atomic E-state index is 5.91. The van der Waals surface area contributed by atoms with Crippen LogP contribution in [0, 0.1) is 0 Å². The molecule has 2 aliphatic heterocycles. The third-order valence-corrected chi connectivity index (χ3v) is 5.47. The van der Waals surface area contributed by atoms with E-state index in [1.54, 1.807) is 0 Å². The molecule has 0 radical (unpaired) electrons. The average Bonchev–Trinajstić information content (AvgIpc) is 3.34. The summed E-state index contributed by atoms with van der Waals surface area (Å²) in [4.78, 5) is 0. The van der Waals surface area contributed by atoms with Crippen LogP contribution in [0.5, 0.6) is 11.5 Å². The van der Waals surface area contributed by atoms with E-state index in [0.717, 1.165) is 56.6 Å². The van der Waals surface area contributed by atoms with E-state index in [2.05, 4.69) is 32.9 Å². The van der Waals surface area contributed by atoms with Crippen LogP contribution in [0.1, 0.15) is 58.4 Å². The van der Waals surface area contributed by atoms with Crippen molar-refractivity contribution < 1.29 is 14.2 Å². The zero-order chi connectivity index (χ0) is 17.0. The Balaban J connectivity index is 1.43. The molecule has 3 heteroatoms. The molecule has 2 aliphatic rings. The Bertz CT molecular complexity index is 587. The third kappa shape index (κ3) is 3.94. The van der Waals surface area contributed by atoms with E-state index in [9.17, 15) is 0 Å². The Morgan fingerprint density at radius 2 is 2.17 bits per heavy atom. The number of fused-ring (bicyclic) bond motifs is 1. The number of aryl methyl sites for hydroxylation is 1. The Labute approximate surface area is 146 Å². The summed E-state index contributed by atoms with van der Waals surface area (Å²) in [6.07, 6.45) is 9.31. The molecular weight excluding hydrogens is 300 g/mol. The van der Waals surface area contributed by atoms with Crippen molar-refractivity contribution in [2.24, 2.45) is 0 Å². The minimum atomic E-state index is 0.180. The van der Waals surface area contributed by atoms with Crippen molar-refractivity contribution in [2.75, 3.05) is 13.2 Å². The van der Waals surface area contributed by atoms with Gasteiger partial charge in [-0.1, -0.05) is 25.5 Å². The lowest BCUT2D eigenvalue weighted by Crippen LogP contribution is -2.12. The summed E-state index contributed by atoms with van der Waals surface area (Å²) in [7, 11) is 0. The van der Waals surface area contributed by atoms with E-state index in [-0.39, 0.29) is 5.60 Å². The molecule has 1 fully saturated rings. The fourth-order valence-electron chi connectivity index (χ4n) is 3.59. The van der Waals surface area contributed by atoms with Gasteiger partial charge in [-0.05, 0) is 63.2 Å². The predicted molar refractivity (Wildman–Crippen MR) is 96.9 cm³/mol. The second kappa shape index (κ2) is 7.60. The molecule has 0 bridgehead atoms. The maximum Gasteiger partial charge on any atom is 0.126 e. The fraction of sp³-hybridized carbons (Fsp3) is 0.619. The van der Waals surface area contributed by atoms with Crippen LogP contribution in [0.4, 0.5) is 0 Å². The molecule has 2 heterocycles. The number of hydrogen-bond acceptors (Lipinski definition) is 3. The van der Waals surface area contributed by atoms with E-state index < -0.39 is 0 Å². The third-order valence-electron chi connectivity index (χ3n) is 5.47. The average molecular weight is 330 g/mol. The van der Waals surface area contributed by atoms with Gasteiger partial charge in [0.1, 0.15) is 18.1 Å². The van der Waals surface area contributed by atoms with E-state index >= 15 is 0 Å². The molecule has 1 atom stereocenters. The Morgan fingerprint density at radius 1 is 1.33 bits per heavy atom. The van der Waals surface area contributed by atoms with E-state index in [1.165, 1.54) is 11.1 Å². The van der Waals surface area contributed by atoms with Gasteiger partial charge in [0.2, 0.25) is 0 Å². The minimum Gasteiger partial charge on any atom is -0.493 e. The lowest BCUT2D eigenvalue weighted by molar-refractivity contribution is 0.278. The van der Waals surface area contributed by atoms with Crippen LogP contribution < -0.4 is 9.47 Å². The summed E-state index contributed by atoms with van der Waals surface area (Å²) in [5, 5.41) is 0. The topological polar surface area (TPSA) is 31.0 Å². The van der Waals surface area contributed by atoms with Crippen molar-refractivity contribution in [1.82, 2.24) is 0 Å². The summed E-state index contributed by atoms with van der Waals surface area (Å²) in [5.41, 5.74) is 2.85. The highest BCUT2D eigenvalue weighted by molar-refractivity contribution is 5.41. The van der Waals surface area contributed by atoms with Gasteiger partial charge in [0.05, 0.1) is 18.3 Å². The quantitative estimate of drug-likeness (QED) is 0.492. The number of ether oxygens (including phenoxy) is 3. The SMILES string of the molecule is CCC1(CC)OC1CCC(C)=CCOc1ccc2c(c1)OCCC2. The second-order valence-corrected chi connectivity index (χ2v) is 7.00. The van der Waals surface area contributed by atoms with Gasteiger partial charge in [0.25, 0.3) is 0 Å². The summed E-state index contributed by atoms with van der Waals surface area (Å²) >= 11 is 0. The standard InChI is InChI=1S/C21H30O3/c1-4-21(5-2)20(24-21)11-8-16(3)12-14-22-18-10-9-17-7-6-13-23-19(17)15-18/h9-10,12,15,20H,4-8,11,13-14H2,1-3H3. The molecule has 1 aromatic rings.